The summed E-state index contributed by atoms with van der Waals surface area (Å²) in [7, 11) is 0. The smallest absolute Gasteiger partial charge is 0.310 e. The van der Waals surface area contributed by atoms with Crippen LogP contribution in [0.2, 0.25) is 0 Å². The minimum absolute atomic E-state index is 0.0415. The van der Waals surface area contributed by atoms with Crippen LogP contribution in [0, 0.1) is 40.9 Å². The lowest BCUT2D eigenvalue weighted by molar-refractivity contribution is -0.170. The molecule has 2 saturated carbocycles. The summed E-state index contributed by atoms with van der Waals surface area (Å²) in [6.07, 6.45) is 5.19. The summed E-state index contributed by atoms with van der Waals surface area (Å²) in [5.41, 5.74) is -1.14. The first-order valence-electron chi connectivity index (χ1n) is 9.13. The normalized spacial score (nSPS) is 28.5. The van der Waals surface area contributed by atoms with Crippen molar-refractivity contribution in [2.45, 2.75) is 66.2 Å². The average Bonchev–Trinajstić information content (AvgIpc) is 2.98. The molecular formula is C19H32O4. The van der Waals surface area contributed by atoms with Crippen molar-refractivity contribution in [3.63, 3.8) is 0 Å². The molecule has 4 heteroatoms. The molecule has 2 N–H and O–H groups in total. The van der Waals surface area contributed by atoms with E-state index in [1.807, 2.05) is 27.7 Å². The van der Waals surface area contributed by atoms with Crippen LogP contribution >= 0.6 is 0 Å². The second-order valence-corrected chi connectivity index (χ2v) is 8.81. The fourth-order valence-corrected chi connectivity index (χ4v) is 5.63. The highest BCUT2D eigenvalue weighted by molar-refractivity contribution is 5.84. The molecule has 0 aromatic heterocycles. The molecule has 0 aromatic carbocycles. The van der Waals surface area contributed by atoms with Crippen LogP contribution in [-0.4, -0.2) is 22.2 Å². The summed E-state index contributed by atoms with van der Waals surface area (Å²) >= 11 is 0. The summed E-state index contributed by atoms with van der Waals surface area (Å²) in [5, 5.41) is 20.1. The van der Waals surface area contributed by atoms with Crippen molar-refractivity contribution in [3.8, 4) is 0 Å². The van der Waals surface area contributed by atoms with Gasteiger partial charge >= 0.3 is 11.9 Å². The number of hydrogen-bond donors (Lipinski definition) is 2. The standard InChI is InChI=1S/C19H32O4/c1-11(2)9-19(18(22)23,10-12(3)4)16(17(20)21)15-8-13-5-6-14(15)7-13/h11-16H,5-10H2,1-4H3,(H,20,21)(H,22,23). The molecule has 0 radical (unpaired) electrons. The molecule has 0 saturated heterocycles. The lowest BCUT2D eigenvalue weighted by atomic mass is 9.59. The first-order valence-corrected chi connectivity index (χ1v) is 9.13. The van der Waals surface area contributed by atoms with E-state index in [2.05, 4.69) is 0 Å². The van der Waals surface area contributed by atoms with Crippen molar-refractivity contribution in [1.29, 1.82) is 0 Å². The number of carboxylic acids is 2. The Morgan fingerprint density at radius 3 is 1.87 bits per heavy atom. The zero-order chi connectivity index (χ0) is 17.4. The lowest BCUT2D eigenvalue weighted by Gasteiger charge is -2.42. The lowest BCUT2D eigenvalue weighted by Crippen LogP contribution is -2.49. The molecule has 0 aromatic rings. The fourth-order valence-electron chi connectivity index (χ4n) is 5.63. The molecule has 4 nitrogen and oxygen atoms in total. The highest BCUT2D eigenvalue weighted by Crippen LogP contribution is 2.56. The maximum atomic E-state index is 12.3. The molecule has 4 unspecified atom stereocenters. The minimum atomic E-state index is -1.14. The SMILES string of the molecule is CC(C)CC(CC(C)C)(C(=O)O)C(C(=O)O)C1CC2CCC1C2. The summed E-state index contributed by atoms with van der Waals surface area (Å²) in [5.74, 6) is -1.13. The maximum absolute atomic E-state index is 12.3. The number of carboxylic acid groups (broad SMARTS) is 2. The second kappa shape index (κ2) is 6.82. The summed E-state index contributed by atoms with van der Waals surface area (Å²) in [4.78, 5) is 24.6. The summed E-state index contributed by atoms with van der Waals surface area (Å²) in [6, 6.07) is 0. The molecule has 2 aliphatic carbocycles. The van der Waals surface area contributed by atoms with Crippen molar-refractivity contribution >= 4 is 11.9 Å². The summed E-state index contributed by atoms with van der Waals surface area (Å²) < 4.78 is 0. The van der Waals surface area contributed by atoms with E-state index in [1.165, 1.54) is 6.42 Å². The topological polar surface area (TPSA) is 74.6 Å². The third-order valence-electron chi connectivity index (χ3n) is 6.05. The largest absolute Gasteiger partial charge is 0.481 e. The van der Waals surface area contributed by atoms with Gasteiger partial charge in [-0.15, -0.1) is 0 Å². The predicted molar refractivity (Wildman–Crippen MR) is 89.0 cm³/mol. The van der Waals surface area contributed by atoms with Crippen LogP contribution in [0.15, 0.2) is 0 Å². The molecule has 2 aliphatic rings. The molecule has 4 atom stereocenters. The van der Waals surface area contributed by atoms with Gasteiger partial charge in [-0.3, -0.25) is 9.59 Å². The van der Waals surface area contributed by atoms with Gasteiger partial charge in [0.15, 0.2) is 0 Å². The Morgan fingerprint density at radius 1 is 1.00 bits per heavy atom. The first-order chi connectivity index (χ1) is 10.7. The molecule has 0 amide bonds. The van der Waals surface area contributed by atoms with E-state index < -0.39 is 23.3 Å². The van der Waals surface area contributed by atoms with Crippen LogP contribution in [0.3, 0.4) is 0 Å². The van der Waals surface area contributed by atoms with E-state index in [-0.39, 0.29) is 17.8 Å². The Kier molecular flexibility index (Phi) is 5.42. The van der Waals surface area contributed by atoms with Crippen molar-refractivity contribution in [2.24, 2.45) is 40.9 Å². The second-order valence-electron chi connectivity index (χ2n) is 8.81. The highest BCUT2D eigenvalue weighted by Gasteiger charge is 2.57. The van der Waals surface area contributed by atoms with Gasteiger partial charge in [0.1, 0.15) is 0 Å². The molecule has 0 spiro atoms. The number of hydrogen-bond acceptors (Lipinski definition) is 2. The van der Waals surface area contributed by atoms with Crippen molar-refractivity contribution < 1.29 is 19.8 Å². The number of aliphatic carboxylic acids is 2. The average molecular weight is 324 g/mol. The van der Waals surface area contributed by atoms with Gasteiger partial charge in [-0.1, -0.05) is 34.1 Å². The molecule has 23 heavy (non-hydrogen) atoms. The van der Waals surface area contributed by atoms with Gasteiger partial charge in [0.2, 0.25) is 0 Å². The summed E-state index contributed by atoms with van der Waals surface area (Å²) in [6.45, 7) is 7.99. The quantitative estimate of drug-likeness (QED) is 0.698. The number of carbonyl (C=O) groups is 2. The number of fused-ring (bicyclic) bond motifs is 2. The first kappa shape index (κ1) is 18.3. The van der Waals surface area contributed by atoms with Crippen molar-refractivity contribution in [2.75, 3.05) is 0 Å². The van der Waals surface area contributed by atoms with E-state index in [0.717, 1.165) is 19.3 Å². The van der Waals surface area contributed by atoms with E-state index >= 15 is 0 Å². The van der Waals surface area contributed by atoms with Crippen molar-refractivity contribution in [3.05, 3.63) is 0 Å². The van der Waals surface area contributed by atoms with E-state index in [0.29, 0.717) is 24.7 Å². The Hall–Kier alpha value is -1.06. The zero-order valence-corrected chi connectivity index (χ0v) is 14.9. The monoisotopic (exact) mass is 324 g/mol. The van der Waals surface area contributed by atoms with Crippen LogP contribution < -0.4 is 0 Å². The highest BCUT2D eigenvalue weighted by atomic mass is 16.4. The van der Waals surface area contributed by atoms with Gasteiger partial charge in [0, 0.05) is 0 Å². The third-order valence-corrected chi connectivity index (χ3v) is 6.05. The van der Waals surface area contributed by atoms with Crippen LogP contribution in [0.25, 0.3) is 0 Å². The van der Waals surface area contributed by atoms with Gasteiger partial charge in [0.25, 0.3) is 0 Å². The number of rotatable bonds is 8. The molecule has 0 aliphatic heterocycles. The van der Waals surface area contributed by atoms with E-state index in [9.17, 15) is 19.8 Å². The van der Waals surface area contributed by atoms with E-state index in [4.69, 9.17) is 0 Å². The Labute approximate surface area is 139 Å². The van der Waals surface area contributed by atoms with Crippen LogP contribution in [0.1, 0.15) is 66.2 Å². The zero-order valence-electron chi connectivity index (χ0n) is 14.9. The van der Waals surface area contributed by atoms with Gasteiger partial charge in [-0.25, -0.2) is 0 Å². The van der Waals surface area contributed by atoms with E-state index in [1.54, 1.807) is 0 Å². The van der Waals surface area contributed by atoms with Crippen LogP contribution in [0.5, 0.6) is 0 Å². The van der Waals surface area contributed by atoms with Gasteiger partial charge in [-0.05, 0) is 61.7 Å². The maximum Gasteiger partial charge on any atom is 0.310 e. The molecule has 0 heterocycles. The van der Waals surface area contributed by atoms with Gasteiger partial charge in [0.05, 0.1) is 11.3 Å². The Balaban J connectivity index is 2.42. The van der Waals surface area contributed by atoms with Crippen LogP contribution in [0.4, 0.5) is 0 Å². The van der Waals surface area contributed by atoms with Crippen molar-refractivity contribution in [1.82, 2.24) is 0 Å². The molecular weight excluding hydrogens is 292 g/mol. The molecule has 2 fully saturated rings. The third kappa shape index (κ3) is 3.56. The predicted octanol–water partition coefficient (Wildman–Crippen LogP) is 4.29. The minimum Gasteiger partial charge on any atom is -0.481 e. The Morgan fingerprint density at radius 2 is 1.57 bits per heavy atom. The Bertz CT molecular complexity index is 444. The van der Waals surface area contributed by atoms with Crippen LogP contribution in [-0.2, 0) is 9.59 Å². The fraction of sp³-hybridized carbons (Fsp3) is 0.895. The molecule has 2 bridgehead atoms. The molecule has 2 rings (SSSR count). The molecule has 132 valence electrons. The van der Waals surface area contributed by atoms with Gasteiger partial charge in [-0.2, -0.15) is 0 Å². The van der Waals surface area contributed by atoms with Gasteiger partial charge < -0.3 is 10.2 Å².